The smallest absolute Gasteiger partial charge is 0.0761 e. The van der Waals surface area contributed by atoms with E-state index in [1.54, 1.807) is 6.92 Å². The first kappa shape index (κ1) is 13.4. The molecule has 1 fully saturated rings. The number of nitrogens with zero attached hydrogens (tertiary/aromatic N) is 1. The summed E-state index contributed by atoms with van der Waals surface area (Å²) in [6.07, 6.45) is 4.28. The van der Waals surface area contributed by atoms with E-state index in [0.29, 0.717) is 0 Å². The summed E-state index contributed by atoms with van der Waals surface area (Å²) in [5.74, 6) is 0. The highest BCUT2D eigenvalue weighted by Crippen LogP contribution is 2.25. The quantitative estimate of drug-likeness (QED) is 0.865. The molecule has 3 heteroatoms. The van der Waals surface area contributed by atoms with Gasteiger partial charge in [-0.2, -0.15) is 0 Å². The lowest BCUT2D eigenvalue weighted by atomic mass is 10.1. The summed E-state index contributed by atoms with van der Waals surface area (Å²) in [5, 5.41) is 19.0. The van der Waals surface area contributed by atoms with E-state index in [0.717, 1.165) is 24.2 Å². The van der Waals surface area contributed by atoms with E-state index in [-0.39, 0.29) is 12.6 Å². The van der Waals surface area contributed by atoms with Crippen molar-refractivity contribution < 1.29 is 10.2 Å². The molecule has 0 radical (unpaired) electrons. The molecular formula is C15H23NO2. The highest BCUT2D eigenvalue weighted by molar-refractivity contribution is 5.49. The Labute approximate surface area is 109 Å². The molecule has 1 aliphatic rings. The molecule has 3 nitrogen and oxygen atoms in total. The fraction of sp³-hybridized carbons (Fsp3) is 0.600. The summed E-state index contributed by atoms with van der Waals surface area (Å²) < 4.78 is 0. The monoisotopic (exact) mass is 249 g/mol. The predicted octanol–water partition coefficient (Wildman–Crippen LogP) is 2.48. The van der Waals surface area contributed by atoms with E-state index in [1.807, 2.05) is 12.1 Å². The van der Waals surface area contributed by atoms with Crippen LogP contribution >= 0.6 is 0 Å². The van der Waals surface area contributed by atoms with Crippen molar-refractivity contribution in [2.45, 2.75) is 44.8 Å². The molecule has 2 rings (SSSR count). The van der Waals surface area contributed by atoms with Gasteiger partial charge in [-0.05, 0) is 37.5 Å². The minimum absolute atomic E-state index is 0.220. The lowest BCUT2D eigenvalue weighted by molar-refractivity contribution is 0.199. The Balaban J connectivity index is 2.16. The predicted molar refractivity (Wildman–Crippen MR) is 73.8 cm³/mol. The molecular weight excluding hydrogens is 226 g/mol. The lowest BCUT2D eigenvalue weighted by Gasteiger charge is -2.31. The number of hydrogen-bond acceptors (Lipinski definition) is 3. The van der Waals surface area contributed by atoms with Gasteiger partial charge < -0.3 is 15.1 Å². The number of benzene rings is 1. The Bertz CT molecular complexity index is 361. The van der Waals surface area contributed by atoms with Crippen LogP contribution < -0.4 is 4.90 Å². The van der Waals surface area contributed by atoms with Crippen LogP contribution in [0.25, 0.3) is 0 Å². The van der Waals surface area contributed by atoms with Gasteiger partial charge in [-0.3, -0.25) is 0 Å². The summed E-state index contributed by atoms with van der Waals surface area (Å²) in [6.45, 7) is 3.01. The van der Waals surface area contributed by atoms with Gasteiger partial charge in [0.1, 0.15) is 0 Å². The Morgan fingerprint density at radius 1 is 1.22 bits per heavy atom. The lowest BCUT2D eigenvalue weighted by Crippen LogP contribution is -2.37. The van der Waals surface area contributed by atoms with Crippen molar-refractivity contribution in [3.8, 4) is 0 Å². The van der Waals surface area contributed by atoms with Crippen molar-refractivity contribution in [1.29, 1.82) is 0 Å². The van der Waals surface area contributed by atoms with Gasteiger partial charge in [-0.25, -0.2) is 0 Å². The van der Waals surface area contributed by atoms with Crippen molar-refractivity contribution in [2.24, 2.45) is 0 Å². The zero-order valence-electron chi connectivity index (χ0n) is 11.0. The first-order valence-corrected chi connectivity index (χ1v) is 6.88. The summed E-state index contributed by atoms with van der Waals surface area (Å²) in [7, 11) is 0. The highest BCUT2D eigenvalue weighted by Gasteiger charge is 2.20. The third-order valence-corrected chi connectivity index (χ3v) is 3.80. The third kappa shape index (κ3) is 3.03. The molecule has 0 aliphatic carbocycles. The molecule has 2 N–H and O–H groups in total. The van der Waals surface area contributed by atoms with Crippen LogP contribution in [-0.2, 0) is 0 Å². The van der Waals surface area contributed by atoms with Gasteiger partial charge in [0.05, 0.1) is 18.8 Å². The zero-order valence-corrected chi connectivity index (χ0v) is 11.0. The second-order valence-corrected chi connectivity index (χ2v) is 5.15. The van der Waals surface area contributed by atoms with Crippen LogP contribution in [0.3, 0.4) is 0 Å². The van der Waals surface area contributed by atoms with Gasteiger partial charge in [-0.15, -0.1) is 0 Å². The molecule has 2 unspecified atom stereocenters. The molecule has 1 aromatic rings. The summed E-state index contributed by atoms with van der Waals surface area (Å²) >= 11 is 0. The molecule has 1 aromatic carbocycles. The topological polar surface area (TPSA) is 43.7 Å². The van der Waals surface area contributed by atoms with Crippen molar-refractivity contribution in [2.75, 3.05) is 18.1 Å². The van der Waals surface area contributed by atoms with Gasteiger partial charge >= 0.3 is 0 Å². The third-order valence-electron chi connectivity index (χ3n) is 3.80. The fourth-order valence-electron chi connectivity index (χ4n) is 2.65. The van der Waals surface area contributed by atoms with Gasteiger partial charge in [0.15, 0.2) is 0 Å². The van der Waals surface area contributed by atoms with Crippen LogP contribution in [0.5, 0.6) is 0 Å². The van der Waals surface area contributed by atoms with E-state index in [1.165, 1.54) is 19.3 Å². The first-order chi connectivity index (χ1) is 8.72. The second-order valence-electron chi connectivity index (χ2n) is 5.15. The standard InChI is InChI=1S/C15H23NO2/c1-12(18)13-6-8-14(9-7-13)16-10-4-2-3-5-15(16)11-17/h6-9,12,15,17-18H,2-5,10-11H2,1H3. The highest BCUT2D eigenvalue weighted by atomic mass is 16.3. The Hall–Kier alpha value is -1.06. The van der Waals surface area contributed by atoms with E-state index in [4.69, 9.17) is 0 Å². The molecule has 0 aromatic heterocycles. The number of aliphatic hydroxyl groups excluding tert-OH is 2. The van der Waals surface area contributed by atoms with Gasteiger partial charge in [0, 0.05) is 12.2 Å². The minimum Gasteiger partial charge on any atom is -0.394 e. The fourth-order valence-corrected chi connectivity index (χ4v) is 2.65. The Morgan fingerprint density at radius 2 is 1.94 bits per heavy atom. The van der Waals surface area contributed by atoms with Crippen molar-refractivity contribution >= 4 is 5.69 Å². The van der Waals surface area contributed by atoms with Crippen LogP contribution in [0, 0.1) is 0 Å². The molecule has 100 valence electrons. The van der Waals surface area contributed by atoms with Crippen LogP contribution in [-0.4, -0.2) is 29.4 Å². The maximum absolute atomic E-state index is 9.51. The van der Waals surface area contributed by atoms with Gasteiger partial charge in [0.25, 0.3) is 0 Å². The van der Waals surface area contributed by atoms with Crippen molar-refractivity contribution in [3.05, 3.63) is 29.8 Å². The summed E-state index contributed by atoms with van der Waals surface area (Å²) in [4.78, 5) is 2.30. The largest absolute Gasteiger partial charge is 0.394 e. The molecule has 0 bridgehead atoms. The molecule has 0 saturated carbocycles. The van der Waals surface area contributed by atoms with Crippen molar-refractivity contribution in [3.63, 3.8) is 0 Å². The van der Waals surface area contributed by atoms with E-state index < -0.39 is 6.10 Å². The maximum Gasteiger partial charge on any atom is 0.0761 e. The molecule has 1 heterocycles. The van der Waals surface area contributed by atoms with E-state index in [9.17, 15) is 10.2 Å². The SMILES string of the molecule is CC(O)c1ccc(N2CCCCCC2CO)cc1. The number of anilines is 1. The Kier molecular flexibility index (Phi) is 4.61. The molecule has 0 spiro atoms. The first-order valence-electron chi connectivity index (χ1n) is 6.88. The normalized spacial score (nSPS) is 22.6. The van der Waals surface area contributed by atoms with Crippen LogP contribution in [0.15, 0.2) is 24.3 Å². The van der Waals surface area contributed by atoms with E-state index >= 15 is 0 Å². The van der Waals surface area contributed by atoms with Gasteiger partial charge in [0.2, 0.25) is 0 Å². The number of rotatable bonds is 3. The second kappa shape index (κ2) is 6.21. The van der Waals surface area contributed by atoms with E-state index in [2.05, 4.69) is 17.0 Å². The summed E-state index contributed by atoms with van der Waals surface area (Å²) in [5.41, 5.74) is 2.09. The zero-order chi connectivity index (χ0) is 13.0. The number of hydrogen-bond donors (Lipinski definition) is 2. The molecule has 1 aliphatic heterocycles. The molecule has 0 amide bonds. The molecule has 1 saturated heterocycles. The maximum atomic E-state index is 9.51. The van der Waals surface area contributed by atoms with Gasteiger partial charge in [-0.1, -0.05) is 25.0 Å². The molecule has 18 heavy (non-hydrogen) atoms. The van der Waals surface area contributed by atoms with Crippen molar-refractivity contribution in [1.82, 2.24) is 0 Å². The van der Waals surface area contributed by atoms with Crippen LogP contribution in [0.2, 0.25) is 0 Å². The van der Waals surface area contributed by atoms with Crippen LogP contribution in [0.1, 0.15) is 44.3 Å². The average molecular weight is 249 g/mol. The molecule has 2 atom stereocenters. The average Bonchev–Trinajstić information content (AvgIpc) is 2.63. The Morgan fingerprint density at radius 3 is 2.56 bits per heavy atom. The van der Waals surface area contributed by atoms with Crippen LogP contribution in [0.4, 0.5) is 5.69 Å². The minimum atomic E-state index is -0.420. The summed E-state index contributed by atoms with van der Waals surface area (Å²) in [6, 6.07) is 8.29. The number of aliphatic hydroxyl groups is 2.